The summed E-state index contributed by atoms with van der Waals surface area (Å²) in [7, 11) is -3.82. The summed E-state index contributed by atoms with van der Waals surface area (Å²) in [6.07, 6.45) is 0.217. The Bertz CT molecular complexity index is 1010. The van der Waals surface area contributed by atoms with Crippen molar-refractivity contribution in [3.8, 4) is 0 Å². The van der Waals surface area contributed by atoms with Crippen molar-refractivity contribution < 1.29 is 26.7 Å². The molecule has 3 rings (SSSR count). The number of nitrogens with one attached hydrogen (secondary N) is 1. The number of rotatable bonds is 6. The van der Waals surface area contributed by atoms with Crippen molar-refractivity contribution in [2.75, 3.05) is 31.6 Å². The second kappa shape index (κ2) is 9.17. The smallest absolute Gasteiger partial charge is 0.244 e. The highest BCUT2D eigenvalue weighted by Gasteiger charge is 2.28. The average Bonchev–Trinajstić information content (AvgIpc) is 2.71. The summed E-state index contributed by atoms with van der Waals surface area (Å²) >= 11 is 6.09. The molecule has 2 aromatic carbocycles. The molecule has 0 aromatic heterocycles. The Labute approximate surface area is 172 Å². The lowest BCUT2D eigenvalue weighted by Gasteiger charge is -2.26. The van der Waals surface area contributed by atoms with Gasteiger partial charge in [-0.25, -0.2) is 17.2 Å². The number of amides is 1. The number of halogens is 3. The second-order valence-corrected chi connectivity index (χ2v) is 8.77. The van der Waals surface area contributed by atoms with Gasteiger partial charge in [-0.2, -0.15) is 4.31 Å². The lowest BCUT2D eigenvalue weighted by atomic mass is 10.1. The molecule has 29 heavy (non-hydrogen) atoms. The first-order valence-electron chi connectivity index (χ1n) is 8.88. The molecular formula is C19H19ClF2N2O4S. The van der Waals surface area contributed by atoms with Crippen LogP contribution in [-0.4, -0.2) is 44.9 Å². The topological polar surface area (TPSA) is 75.7 Å². The number of benzene rings is 2. The number of aryl methyl sites for hydroxylation is 1. The fourth-order valence-electron chi connectivity index (χ4n) is 2.88. The SMILES string of the molecule is O=C(CCc1ccc(F)c(F)c1)Nc1ccc(Cl)c(S(=O)(=O)N2CCOCC2)c1. The number of anilines is 1. The van der Waals surface area contributed by atoms with Gasteiger partial charge in [0.05, 0.1) is 18.2 Å². The van der Waals surface area contributed by atoms with Crippen LogP contribution in [0, 0.1) is 11.6 Å². The van der Waals surface area contributed by atoms with E-state index in [0.717, 1.165) is 12.1 Å². The van der Waals surface area contributed by atoms with Crippen molar-refractivity contribution in [2.24, 2.45) is 0 Å². The van der Waals surface area contributed by atoms with E-state index in [4.69, 9.17) is 16.3 Å². The highest BCUT2D eigenvalue weighted by molar-refractivity contribution is 7.89. The minimum Gasteiger partial charge on any atom is -0.379 e. The molecule has 156 valence electrons. The number of nitrogens with zero attached hydrogens (tertiary/aromatic N) is 1. The van der Waals surface area contributed by atoms with Crippen LogP contribution in [0.4, 0.5) is 14.5 Å². The summed E-state index contributed by atoms with van der Waals surface area (Å²) < 4.78 is 58.3. The van der Waals surface area contributed by atoms with Crippen molar-refractivity contribution in [2.45, 2.75) is 17.7 Å². The molecule has 0 atom stereocenters. The molecule has 0 spiro atoms. The molecule has 1 aliphatic rings. The zero-order chi connectivity index (χ0) is 21.0. The Hall–Kier alpha value is -2.07. The molecule has 2 aromatic rings. The average molecular weight is 445 g/mol. The van der Waals surface area contributed by atoms with Crippen LogP contribution >= 0.6 is 11.6 Å². The van der Waals surface area contributed by atoms with Crippen molar-refractivity contribution in [3.05, 3.63) is 58.6 Å². The fourth-order valence-corrected chi connectivity index (χ4v) is 4.79. The predicted molar refractivity (Wildman–Crippen MR) is 104 cm³/mol. The van der Waals surface area contributed by atoms with Crippen molar-refractivity contribution in [1.29, 1.82) is 0 Å². The van der Waals surface area contributed by atoms with Crippen molar-refractivity contribution in [3.63, 3.8) is 0 Å². The summed E-state index contributed by atoms with van der Waals surface area (Å²) in [6.45, 7) is 1.06. The van der Waals surface area contributed by atoms with Gasteiger partial charge in [-0.3, -0.25) is 4.79 Å². The lowest BCUT2D eigenvalue weighted by Crippen LogP contribution is -2.40. The van der Waals surface area contributed by atoms with Crippen LogP contribution in [0.1, 0.15) is 12.0 Å². The van der Waals surface area contributed by atoms with Crippen molar-refractivity contribution >= 4 is 33.2 Å². The van der Waals surface area contributed by atoms with Crippen LogP contribution in [0.2, 0.25) is 5.02 Å². The van der Waals surface area contributed by atoms with E-state index < -0.39 is 27.6 Å². The molecule has 1 aliphatic heterocycles. The van der Waals surface area contributed by atoms with Crippen molar-refractivity contribution in [1.82, 2.24) is 4.31 Å². The van der Waals surface area contributed by atoms with Crippen LogP contribution < -0.4 is 5.32 Å². The van der Waals surface area contributed by atoms with E-state index in [1.807, 2.05) is 0 Å². The quantitative estimate of drug-likeness (QED) is 0.742. The van der Waals surface area contributed by atoms with Crippen LogP contribution in [-0.2, 0) is 26.0 Å². The molecule has 0 unspecified atom stereocenters. The number of carbonyl (C=O) groups is 1. The fraction of sp³-hybridized carbons (Fsp3) is 0.316. The van der Waals surface area contributed by atoms with Gasteiger partial charge >= 0.3 is 0 Å². The molecule has 0 saturated carbocycles. The maximum Gasteiger partial charge on any atom is 0.244 e. The molecule has 0 aliphatic carbocycles. The first-order valence-corrected chi connectivity index (χ1v) is 10.7. The third-order valence-electron chi connectivity index (χ3n) is 4.43. The number of ether oxygens (including phenoxy) is 1. The Balaban J connectivity index is 1.68. The summed E-state index contributed by atoms with van der Waals surface area (Å²) in [5.41, 5.74) is 0.752. The van der Waals surface area contributed by atoms with E-state index in [2.05, 4.69) is 5.32 Å². The van der Waals surface area contributed by atoms with E-state index in [1.54, 1.807) is 0 Å². The molecule has 1 N–H and O–H groups in total. The van der Waals surface area contributed by atoms with Gasteiger partial charge in [0.15, 0.2) is 11.6 Å². The van der Waals surface area contributed by atoms with Crippen LogP contribution in [0.3, 0.4) is 0 Å². The second-order valence-electron chi connectivity index (χ2n) is 6.46. The molecule has 1 amide bonds. The predicted octanol–water partition coefficient (Wildman–Crippen LogP) is 3.21. The maximum atomic E-state index is 13.2. The number of morpholine rings is 1. The summed E-state index contributed by atoms with van der Waals surface area (Å²) in [4.78, 5) is 12.1. The number of carbonyl (C=O) groups excluding carboxylic acids is 1. The van der Waals surface area contributed by atoms with Gasteiger partial charge in [0.2, 0.25) is 15.9 Å². The monoisotopic (exact) mass is 444 g/mol. The van der Waals surface area contributed by atoms with Crippen LogP contribution in [0.15, 0.2) is 41.3 Å². The lowest BCUT2D eigenvalue weighted by molar-refractivity contribution is -0.116. The molecule has 0 radical (unpaired) electrons. The maximum absolute atomic E-state index is 13.2. The van der Waals surface area contributed by atoms with Gasteiger partial charge in [0, 0.05) is 25.2 Å². The van der Waals surface area contributed by atoms with Gasteiger partial charge in [0.25, 0.3) is 0 Å². The molecule has 10 heteroatoms. The minimum absolute atomic E-state index is 0.0131. The van der Waals surface area contributed by atoms with Crippen LogP contribution in [0.5, 0.6) is 0 Å². The molecule has 6 nitrogen and oxygen atoms in total. The van der Waals surface area contributed by atoms with Gasteiger partial charge in [0.1, 0.15) is 4.90 Å². The zero-order valence-corrected chi connectivity index (χ0v) is 16.9. The summed E-state index contributed by atoms with van der Waals surface area (Å²) in [5, 5.41) is 2.66. The molecule has 1 heterocycles. The van der Waals surface area contributed by atoms with E-state index in [9.17, 15) is 22.0 Å². The minimum atomic E-state index is -3.82. The number of hydrogen-bond donors (Lipinski definition) is 1. The normalized spacial score (nSPS) is 15.3. The molecule has 1 fully saturated rings. The third kappa shape index (κ3) is 5.30. The molecule has 1 saturated heterocycles. The first-order chi connectivity index (χ1) is 13.8. The van der Waals surface area contributed by atoms with Crippen LogP contribution in [0.25, 0.3) is 0 Å². The third-order valence-corrected chi connectivity index (χ3v) is 6.81. The number of hydrogen-bond acceptors (Lipinski definition) is 4. The highest BCUT2D eigenvalue weighted by atomic mass is 35.5. The Morgan fingerprint density at radius 2 is 1.83 bits per heavy atom. The van der Waals surface area contributed by atoms with E-state index >= 15 is 0 Å². The standard InChI is InChI=1S/C19H19ClF2N2O4S/c20-15-4-3-14(12-18(15)29(26,27)24-7-9-28-10-8-24)23-19(25)6-2-13-1-5-16(21)17(22)11-13/h1,3-5,11-12H,2,6-10H2,(H,23,25). The summed E-state index contributed by atoms with van der Waals surface area (Å²) in [5.74, 6) is -2.32. The van der Waals surface area contributed by atoms with Gasteiger partial charge in [-0.15, -0.1) is 0 Å². The van der Waals surface area contributed by atoms with E-state index in [1.165, 1.54) is 28.6 Å². The first kappa shape index (κ1) is 21.6. The van der Waals surface area contributed by atoms with Gasteiger partial charge < -0.3 is 10.1 Å². The summed E-state index contributed by atoms with van der Waals surface area (Å²) in [6, 6.07) is 7.65. The largest absolute Gasteiger partial charge is 0.379 e. The van der Waals surface area contributed by atoms with E-state index in [-0.39, 0.29) is 41.5 Å². The molecule has 0 bridgehead atoms. The van der Waals surface area contributed by atoms with Gasteiger partial charge in [-0.1, -0.05) is 17.7 Å². The highest BCUT2D eigenvalue weighted by Crippen LogP contribution is 2.28. The number of sulfonamides is 1. The van der Waals surface area contributed by atoms with E-state index in [0.29, 0.717) is 18.8 Å². The Morgan fingerprint density at radius 3 is 2.52 bits per heavy atom. The Kier molecular flexibility index (Phi) is 6.84. The van der Waals surface area contributed by atoms with Gasteiger partial charge in [-0.05, 0) is 42.3 Å². The zero-order valence-electron chi connectivity index (χ0n) is 15.3. The Morgan fingerprint density at radius 1 is 1.10 bits per heavy atom. The molecular weight excluding hydrogens is 426 g/mol.